The maximum absolute atomic E-state index is 11.0. The summed E-state index contributed by atoms with van der Waals surface area (Å²) >= 11 is 0. The lowest BCUT2D eigenvalue weighted by Gasteiger charge is -2.44. The Morgan fingerprint density at radius 2 is 0.722 bits per heavy atom. The van der Waals surface area contributed by atoms with Gasteiger partial charge in [-0.05, 0) is 25.7 Å². The van der Waals surface area contributed by atoms with Gasteiger partial charge in [0.1, 0.15) is 0 Å². The molecule has 6 heteroatoms. The molecule has 0 heterocycles. The minimum Gasteiger partial charge on any atom is -1.00 e. The highest BCUT2D eigenvalue weighted by molar-refractivity contribution is 4.55. The second-order valence-electron chi connectivity index (χ2n) is 12.4. The Morgan fingerprint density at radius 1 is 0.444 bits per heavy atom. The molecule has 0 radical (unpaired) electrons. The fraction of sp³-hybridized carbons (Fsp3) is 1.00. The molecule has 0 aromatic rings. The molecular weight excluding hydrogens is 580 g/mol. The van der Waals surface area contributed by atoms with Crippen LogP contribution in [0, 0.1) is 0 Å². The molecule has 0 aliphatic heterocycles. The minimum atomic E-state index is -1.68. The van der Waals surface area contributed by atoms with Crippen molar-refractivity contribution in [3.05, 3.63) is 0 Å². The highest BCUT2D eigenvalue weighted by atomic mass is 79.9. The van der Waals surface area contributed by atoms with E-state index in [1.165, 1.54) is 122 Å². The summed E-state index contributed by atoms with van der Waals surface area (Å²) in [5.74, 6) is -1.68. The summed E-state index contributed by atoms with van der Waals surface area (Å²) in [7, 11) is 8.26. The molecule has 0 spiro atoms. The number of halogens is 2. The van der Waals surface area contributed by atoms with Crippen LogP contribution in [0.1, 0.15) is 142 Å². The van der Waals surface area contributed by atoms with E-state index < -0.39 is 5.91 Å². The van der Waals surface area contributed by atoms with Gasteiger partial charge in [0, 0.05) is 0 Å². The number of hydrogen-bond donors (Lipinski definition) is 2. The number of aliphatic hydroxyl groups is 2. The van der Waals surface area contributed by atoms with Gasteiger partial charge in [-0.3, -0.25) is 4.48 Å². The Morgan fingerprint density at radius 3 is 1.06 bits per heavy atom. The molecule has 0 aliphatic carbocycles. The van der Waals surface area contributed by atoms with Gasteiger partial charge in [-0.15, -0.1) is 0 Å². The predicted molar refractivity (Wildman–Crippen MR) is 150 cm³/mol. The Kier molecular flexibility index (Phi) is 28.5. The van der Waals surface area contributed by atoms with Crippen molar-refractivity contribution in [2.24, 2.45) is 0 Å². The topological polar surface area (TPSA) is 40.5 Å². The van der Waals surface area contributed by atoms with Gasteiger partial charge >= 0.3 is 5.91 Å². The Bertz CT molecular complexity index is 460. The van der Waals surface area contributed by atoms with Crippen molar-refractivity contribution in [1.29, 1.82) is 0 Å². The molecule has 4 nitrogen and oxygen atoms in total. The Hall–Kier alpha value is 0.800. The first-order valence-electron chi connectivity index (χ1n) is 15.2. The Balaban J connectivity index is -0.00000544. The molecule has 0 rings (SSSR count). The van der Waals surface area contributed by atoms with E-state index in [9.17, 15) is 10.2 Å². The standard InChI is InChI=1S/C30H66N2O2.2BrH/c1-7-9-11-13-15-17-19-21-23-25-27-31(3,4)29-30(33,34)32(5,6)28-26-24-22-20-18-16-14-12-10-8-2;;/h33-34H,7-29H2,1-6H3;2*1H/q+2;;/p-2. The zero-order valence-corrected chi connectivity index (χ0v) is 28.5. The van der Waals surface area contributed by atoms with Gasteiger partial charge in [0.25, 0.3) is 0 Å². The van der Waals surface area contributed by atoms with Gasteiger partial charge in [-0.2, -0.15) is 0 Å². The van der Waals surface area contributed by atoms with E-state index in [-0.39, 0.29) is 38.4 Å². The van der Waals surface area contributed by atoms with Gasteiger partial charge < -0.3 is 48.7 Å². The highest BCUT2D eigenvalue weighted by Gasteiger charge is 2.47. The van der Waals surface area contributed by atoms with E-state index in [1.54, 1.807) is 0 Å². The quantitative estimate of drug-likeness (QED) is 0.0901. The van der Waals surface area contributed by atoms with Crippen molar-refractivity contribution in [1.82, 2.24) is 0 Å². The maximum atomic E-state index is 11.0. The molecule has 0 unspecified atom stereocenters. The Labute approximate surface area is 248 Å². The molecule has 0 bridgehead atoms. The van der Waals surface area contributed by atoms with E-state index in [4.69, 9.17) is 0 Å². The van der Waals surface area contributed by atoms with Gasteiger partial charge in [0.15, 0.2) is 6.54 Å². The summed E-state index contributed by atoms with van der Waals surface area (Å²) in [5.41, 5.74) is 0. The van der Waals surface area contributed by atoms with Gasteiger partial charge in [-0.1, -0.05) is 117 Å². The SMILES string of the molecule is CCCCCCCCCCCC[N+](C)(C)CC(O)(O)[N+](C)(C)CCCCCCCCCCCC.[Br-].[Br-]. The summed E-state index contributed by atoms with van der Waals surface area (Å²) in [6.07, 6.45) is 26.5. The van der Waals surface area contributed by atoms with E-state index in [2.05, 4.69) is 27.9 Å². The molecule has 36 heavy (non-hydrogen) atoms. The molecule has 0 saturated carbocycles. The molecule has 0 amide bonds. The number of quaternary nitrogens is 2. The van der Waals surface area contributed by atoms with Crippen LogP contribution >= 0.6 is 0 Å². The molecule has 0 aromatic carbocycles. The van der Waals surface area contributed by atoms with Crippen molar-refractivity contribution < 1.29 is 53.1 Å². The molecule has 222 valence electrons. The zero-order valence-electron chi connectivity index (χ0n) is 25.3. The smallest absolute Gasteiger partial charge is 0.365 e. The van der Waals surface area contributed by atoms with Crippen LogP contribution in [0.15, 0.2) is 0 Å². The molecule has 0 aromatic heterocycles. The molecule has 0 fully saturated rings. The lowest BCUT2D eigenvalue weighted by molar-refractivity contribution is -1.03. The summed E-state index contributed by atoms with van der Waals surface area (Å²) in [6, 6.07) is 0. The van der Waals surface area contributed by atoms with Crippen molar-refractivity contribution in [2.75, 3.05) is 47.8 Å². The second kappa shape index (κ2) is 24.8. The third-order valence-corrected chi connectivity index (χ3v) is 7.80. The number of rotatable bonds is 25. The molecule has 0 aliphatic rings. The molecule has 0 saturated heterocycles. The van der Waals surface area contributed by atoms with Gasteiger partial charge in [-0.25, -0.2) is 0 Å². The summed E-state index contributed by atoms with van der Waals surface area (Å²) in [6.45, 7) is 6.76. The summed E-state index contributed by atoms with van der Waals surface area (Å²) in [5, 5.41) is 22.0. The number of likely N-dealkylation sites (N-methyl/N-ethyl adjacent to an activating group) is 2. The van der Waals surface area contributed by atoms with Crippen LogP contribution in [-0.2, 0) is 0 Å². The van der Waals surface area contributed by atoms with E-state index in [0.717, 1.165) is 19.5 Å². The van der Waals surface area contributed by atoms with Crippen molar-refractivity contribution in [3.8, 4) is 0 Å². The minimum absolute atomic E-state index is 0. The van der Waals surface area contributed by atoms with Gasteiger partial charge in [0.2, 0.25) is 0 Å². The van der Waals surface area contributed by atoms with Crippen molar-refractivity contribution in [3.63, 3.8) is 0 Å². The largest absolute Gasteiger partial charge is 1.00 e. The average molecular weight is 647 g/mol. The lowest BCUT2D eigenvalue weighted by Crippen LogP contribution is -3.00. The normalized spacial score (nSPS) is 12.3. The van der Waals surface area contributed by atoms with Crippen LogP contribution in [0.2, 0.25) is 0 Å². The predicted octanol–water partition coefficient (Wildman–Crippen LogP) is 1.63. The van der Waals surface area contributed by atoms with Crippen LogP contribution in [-0.4, -0.2) is 72.9 Å². The fourth-order valence-corrected chi connectivity index (χ4v) is 5.05. The maximum Gasteiger partial charge on any atom is 0.365 e. The molecule has 2 N–H and O–H groups in total. The van der Waals surface area contributed by atoms with Crippen LogP contribution in [0.3, 0.4) is 0 Å². The van der Waals surface area contributed by atoms with Crippen molar-refractivity contribution in [2.45, 2.75) is 148 Å². The second-order valence-corrected chi connectivity index (χ2v) is 12.4. The fourth-order valence-electron chi connectivity index (χ4n) is 5.05. The first-order chi connectivity index (χ1) is 16.1. The highest BCUT2D eigenvalue weighted by Crippen LogP contribution is 2.22. The molecular formula is C30H66Br2N2O2. The number of hydrogen-bond acceptors (Lipinski definition) is 2. The molecule has 0 atom stereocenters. The van der Waals surface area contributed by atoms with E-state index in [1.807, 2.05) is 14.1 Å². The number of nitrogens with zero attached hydrogens (tertiary/aromatic N) is 2. The third-order valence-electron chi connectivity index (χ3n) is 7.80. The average Bonchev–Trinajstić information content (AvgIpc) is 2.75. The van der Waals surface area contributed by atoms with Crippen molar-refractivity contribution >= 4 is 0 Å². The van der Waals surface area contributed by atoms with Crippen LogP contribution in [0.25, 0.3) is 0 Å². The first kappa shape index (κ1) is 41.3. The monoisotopic (exact) mass is 644 g/mol. The number of unbranched alkanes of at least 4 members (excludes halogenated alkanes) is 18. The first-order valence-corrected chi connectivity index (χ1v) is 15.2. The van der Waals surface area contributed by atoms with Gasteiger partial charge in [0.05, 0.1) is 41.3 Å². The third kappa shape index (κ3) is 22.8. The van der Waals surface area contributed by atoms with Crippen LogP contribution in [0.5, 0.6) is 0 Å². The van der Waals surface area contributed by atoms with E-state index >= 15 is 0 Å². The van der Waals surface area contributed by atoms with Crippen LogP contribution in [0.4, 0.5) is 0 Å². The summed E-state index contributed by atoms with van der Waals surface area (Å²) in [4.78, 5) is 0. The summed E-state index contributed by atoms with van der Waals surface area (Å²) < 4.78 is 0.938. The lowest BCUT2D eigenvalue weighted by atomic mass is 10.1. The zero-order chi connectivity index (χ0) is 25.8. The van der Waals surface area contributed by atoms with Crippen LogP contribution < -0.4 is 34.0 Å². The van der Waals surface area contributed by atoms with E-state index in [0.29, 0.717) is 11.0 Å².